The molecule has 0 heterocycles. The van der Waals surface area contributed by atoms with Crippen LogP contribution in [0.1, 0.15) is 123 Å². The van der Waals surface area contributed by atoms with Crippen molar-refractivity contribution in [2.75, 3.05) is 67.4 Å². The Morgan fingerprint density at radius 1 is 0.516 bits per heavy atom. The van der Waals surface area contributed by atoms with Gasteiger partial charge in [-0.3, -0.25) is 28.8 Å². The van der Waals surface area contributed by atoms with Crippen LogP contribution in [0.3, 0.4) is 0 Å². The first kappa shape index (κ1) is 85.0. The van der Waals surface area contributed by atoms with Gasteiger partial charge in [-0.1, -0.05) is 39.0 Å². The van der Waals surface area contributed by atoms with E-state index in [4.69, 9.17) is 0 Å². The average Bonchev–Trinajstić information content (AvgIpc) is 3.17. The van der Waals surface area contributed by atoms with E-state index in [9.17, 15) is 50.4 Å². The highest BCUT2D eigenvalue weighted by Crippen LogP contribution is 1.84. The number of allylic oxidation sites excluding steroid dienone is 4. The molecule has 0 aromatic rings. The molecule has 0 saturated carbocycles. The molecule has 0 aliphatic heterocycles. The summed E-state index contributed by atoms with van der Waals surface area (Å²) in [7, 11) is 2.05. The molecule has 0 fully saturated rings. The smallest absolute Gasteiger partial charge is 0.236 e. The number of hydrogen-bond donors (Lipinski definition) is 8. The minimum Gasteiger partial charge on any atom is -0.359 e. The second kappa shape index (κ2) is 74.1. The van der Waals surface area contributed by atoms with E-state index >= 15 is 0 Å². The number of carbonyl (C=O) groups excluding carboxylic acids is 7. The molecule has 0 atom stereocenters. The van der Waals surface area contributed by atoms with Gasteiger partial charge in [0, 0.05) is 74.4 Å². The van der Waals surface area contributed by atoms with Crippen molar-refractivity contribution in [2.45, 2.75) is 123 Å². The molecule has 0 aliphatic carbocycles. The van der Waals surface area contributed by atoms with Crippen LogP contribution in [0.2, 0.25) is 0 Å². The van der Waals surface area contributed by atoms with Gasteiger partial charge >= 0.3 is 0 Å². The summed E-state index contributed by atoms with van der Waals surface area (Å²) in [4.78, 5) is 69.4. The Kier molecular flexibility index (Phi) is 102. The fraction of sp³-hybridized carbons (Fsp3) is 0.700. The number of carbonyl (C=O) groups is 7. The van der Waals surface area contributed by atoms with Crippen molar-refractivity contribution in [3.8, 4) is 0 Å². The number of nitrogens with one attached hydrogen (secondary N) is 8. The van der Waals surface area contributed by atoms with Gasteiger partial charge in [-0.2, -0.15) is 5.10 Å². The summed E-state index contributed by atoms with van der Waals surface area (Å²) >= 11 is 0. The molecule has 0 bridgehead atoms. The van der Waals surface area contributed by atoms with Gasteiger partial charge in [-0.25, -0.2) is 31.7 Å². The zero-order valence-electron chi connectivity index (χ0n) is 42.4. The van der Waals surface area contributed by atoms with Crippen LogP contribution in [0.4, 0.5) is 0 Å². The van der Waals surface area contributed by atoms with Crippen molar-refractivity contribution >= 4 is 67.4 Å². The third kappa shape index (κ3) is 274. The van der Waals surface area contributed by atoms with Crippen molar-refractivity contribution < 1.29 is 50.4 Å². The Morgan fingerprint density at radius 2 is 0.839 bits per heavy atom. The molecule has 0 saturated heterocycles. The monoisotopic (exact) mass is 938 g/mol. The highest BCUT2D eigenvalue weighted by atomic mass is 32.2. The summed E-state index contributed by atoms with van der Waals surface area (Å²) in [6.07, 6.45) is 13.7. The number of rotatable bonds is 10. The van der Waals surface area contributed by atoms with E-state index in [1.807, 2.05) is 60.7 Å². The minimum atomic E-state index is -2.91. The molecular weight excluding hydrogens is 847 g/mol. The van der Waals surface area contributed by atoms with Crippen molar-refractivity contribution in [1.29, 1.82) is 0 Å². The maximum absolute atomic E-state index is 10.1. The van der Waals surface area contributed by atoms with Crippen LogP contribution >= 0.6 is 0 Å². The van der Waals surface area contributed by atoms with E-state index in [1.165, 1.54) is 67.9 Å². The van der Waals surface area contributed by atoms with Crippen LogP contribution in [0.15, 0.2) is 29.4 Å². The molecule has 22 heteroatoms. The first-order valence-electron chi connectivity index (χ1n) is 19.6. The summed E-state index contributed by atoms with van der Waals surface area (Å²) in [5.41, 5.74) is 2.23. The molecule has 0 aromatic heterocycles. The first-order chi connectivity index (χ1) is 28.3. The Labute approximate surface area is 378 Å². The lowest BCUT2D eigenvalue weighted by Gasteiger charge is -1.93. The molecular formula is C40H91N9O11S2. The van der Waals surface area contributed by atoms with E-state index < -0.39 is 20.0 Å². The highest BCUT2D eigenvalue weighted by molar-refractivity contribution is 7.88. The van der Waals surface area contributed by atoms with Crippen molar-refractivity contribution in [3.63, 3.8) is 0 Å². The molecule has 0 spiro atoms. The van der Waals surface area contributed by atoms with Crippen LogP contribution in [0.5, 0.6) is 0 Å². The van der Waals surface area contributed by atoms with E-state index in [0.717, 1.165) is 51.4 Å². The molecule has 0 aliphatic rings. The number of hydrogen-bond acceptors (Lipinski definition) is 13. The van der Waals surface area contributed by atoms with Crippen molar-refractivity contribution in [1.82, 2.24) is 41.5 Å². The van der Waals surface area contributed by atoms with E-state index in [1.54, 1.807) is 34.0 Å². The molecule has 0 radical (unpaired) electrons. The lowest BCUT2D eigenvalue weighted by molar-refractivity contribution is -0.119. The number of hydrazone groups is 1. The normalized spacial score (nSPS) is 8.94. The van der Waals surface area contributed by atoms with Gasteiger partial charge in [0.1, 0.15) is 5.78 Å². The van der Waals surface area contributed by atoms with Crippen LogP contribution in [0, 0.1) is 0 Å². The molecule has 0 aromatic carbocycles. The van der Waals surface area contributed by atoms with Crippen molar-refractivity contribution in [3.05, 3.63) is 24.3 Å². The first-order valence-corrected chi connectivity index (χ1v) is 23.3. The number of Topliss-reactive ketones (excluding diaryl/α,β-unsaturated/α-hetero) is 1. The fourth-order valence-electron chi connectivity index (χ4n) is 1.29. The third-order valence-electron chi connectivity index (χ3n) is 4.54. The summed E-state index contributed by atoms with van der Waals surface area (Å²) in [6.45, 7) is 28.7. The molecule has 8 N–H and O–H groups in total. The maximum Gasteiger partial charge on any atom is 0.236 e. The lowest BCUT2D eigenvalue weighted by atomic mass is 10.3. The second-order valence-corrected chi connectivity index (χ2v) is 15.0. The average molecular weight is 938 g/mol. The largest absolute Gasteiger partial charge is 0.359 e. The Balaban J connectivity index is -0.0000000515. The molecule has 374 valence electrons. The number of amides is 5. The Hall–Kier alpha value is -4.38. The molecule has 62 heavy (non-hydrogen) atoms. The number of ketones is 2. The standard InChI is InChI=1S/C5H11NO.C5H10O.C5H8O.C4H8N2O.C4H9NO.C4H8.2C3H7NO.C3H9N.2C2H7NO2S/c1-3-4-6-5(2)7;2*1-3-4-5(2)6;1-3-5-6-4(2)7;1-3-5-4(2)6;1-3-4-2;2*1-3(5)4-2;1-3-4-2;2*1-3-6(2,4)5/h3-4H2,1-2H3,(H,6,7);3-4H2,1-2H3;3-4H,1-2H3;3H,1-2H3,(H,6,7);3H2,1-2H3,(H,5,6);3-4H,1-2H3;2*1-2H3,(H,4,5);4H,3H2,1-2H3;2*3H,1-2H3/b;;4-3+;;;4-3+;;;;;. The van der Waals surface area contributed by atoms with Crippen LogP contribution in [-0.2, 0) is 53.6 Å². The van der Waals surface area contributed by atoms with Crippen LogP contribution in [0.25, 0.3) is 0 Å². The minimum absolute atomic E-state index is 0.00463. The quantitative estimate of drug-likeness (QED) is 0.0679. The second-order valence-electron chi connectivity index (χ2n) is 11.1. The van der Waals surface area contributed by atoms with Gasteiger partial charge in [0.25, 0.3) is 0 Å². The van der Waals surface area contributed by atoms with Gasteiger partial charge in [-0.05, 0) is 95.1 Å². The van der Waals surface area contributed by atoms with Gasteiger partial charge in [0.15, 0.2) is 5.78 Å². The summed E-state index contributed by atoms with van der Waals surface area (Å²) in [5.74, 6) is 0.363. The fourth-order valence-corrected chi connectivity index (χ4v) is 1.29. The highest BCUT2D eigenvalue weighted by Gasteiger charge is 1.89. The van der Waals surface area contributed by atoms with Gasteiger partial charge in [0.2, 0.25) is 49.6 Å². The lowest BCUT2D eigenvalue weighted by Crippen LogP contribution is -2.19. The van der Waals surface area contributed by atoms with E-state index in [2.05, 4.69) is 53.5 Å². The van der Waals surface area contributed by atoms with Crippen molar-refractivity contribution in [2.24, 2.45) is 5.10 Å². The zero-order valence-corrected chi connectivity index (χ0v) is 44.0. The molecule has 20 nitrogen and oxygen atoms in total. The predicted octanol–water partition coefficient (Wildman–Crippen LogP) is 2.97. The topological polar surface area (TPSA) is 296 Å². The van der Waals surface area contributed by atoms with Gasteiger partial charge < -0.3 is 31.4 Å². The molecule has 0 rings (SSSR count). The van der Waals surface area contributed by atoms with Crippen LogP contribution in [-0.4, -0.2) is 132 Å². The zero-order chi connectivity index (χ0) is 52.2. The summed E-state index contributed by atoms with van der Waals surface area (Å²) in [5, 5.41) is 16.4. The van der Waals surface area contributed by atoms with Gasteiger partial charge in [0.05, 0.1) is 12.5 Å². The summed E-state index contributed by atoms with van der Waals surface area (Å²) < 4.78 is 43.7. The summed E-state index contributed by atoms with van der Waals surface area (Å²) in [6, 6.07) is 0. The third-order valence-corrected chi connectivity index (χ3v) is 6.02. The van der Waals surface area contributed by atoms with Crippen LogP contribution < -0.4 is 41.5 Å². The Morgan fingerprint density at radius 3 is 0.871 bits per heavy atom. The number of sulfonamides is 2. The van der Waals surface area contributed by atoms with E-state index in [0.29, 0.717) is 0 Å². The van der Waals surface area contributed by atoms with E-state index in [-0.39, 0.29) is 41.1 Å². The number of nitrogens with zero attached hydrogens (tertiary/aromatic N) is 1. The molecule has 0 unspecified atom stereocenters. The Bertz CT molecular complexity index is 1270. The maximum atomic E-state index is 10.1. The van der Waals surface area contributed by atoms with Gasteiger partial charge in [-0.15, -0.1) is 0 Å². The molecule has 5 amide bonds. The SMILES string of the molecule is C/C=C/C.C/C=C/C(C)=O.CC=NNC(C)=O.CCCC(C)=O.CCCNC(C)=O.CCNC.CCNC(C)=O.CNC(C)=O.CNC(C)=O.CNS(C)(=O)=O.CNS(C)(=O)=O. The predicted molar refractivity (Wildman–Crippen MR) is 260 cm³/mol.